The lowest BCUT2D eigenvalue weighted by molar-refractivity contribution is -0.255. The van der Waals surface area contributed by atoms with Crippen molar-refractivity contribution in [1.82, 2.24) is 0 Å². The van der Waals surface area contributed by atoms with E-state index in [2.05, 4.69) is 0 Å². The van der Waals surface area contributed by atoms with Gasteiger partial charge in [0.1, 0.15) is 0 Å². The lowest BCUT2D eigenvalue weighted by Crippen LogP contribution is -2.78. The average Bonchev–Trinajstić information content (AvgIpc) is 2.64. The van der Waals surface area contributed by atoms with E-state index in [0.29, 0.717) is 20.8 Å². The van der Waals surface area contributed by atoms with Crippen LogP contribution in [-0.4, -0.2) is 60.5 Å². The molecule has 0 rings (SSSR count). The van der Waals surface area contributed by atoms with E-state index in [1.165, 1.54) is 0 Å². The first-order valence-electron chi connectivity index (χ1n) is 8.75. The van der Waals surface area contributed by atoms with Gasteiger partial charge < -0.3 is 0 Å². The van der Waals surface area contributed by atoms with Crippen LogP contribution >= 0.6 is 0 Å². The maximum atomic E-state index is 14.2. The fraction of sp³-hybridized carbons (Fsp3) is 1.00. The first kappa shape index (κ1) is 30.0. The van der Waals surface area contributed by atoms with Crippen LogP contribution in [0.5, 0.6) is 0 Å². The van der Waals surface area contributed by atoms with Crippen LogP contribution in [0.15, 0.2) is 0 Å². The van der Waals surface area contributed by atoms with E-state index >= 15 is 0 Å². The zero-order chi connectivity index (χ0) is 25.4. The van der Waals surface area contributed by atoms with Crippen molar-refractivity contribution in [1.29, 1.82) is 0 Å². The molecule has 0 bridgehead atoms. The molecule has 0 fully saturated rings. The Morgan fingerprint density at radius 2 is 0.613 bits per heavy atom. The molecule has 0 heterocycles. The average molecular weight is 494 g/mol. The Morgan fingerprint density at radius 3 is 0.742 bits per heavy atom. The van der Waals surface area contributed by atoms with Gasteiger partial charge in [0.15, 0.2) is 18.5 Å². The van der Waals surface area contributed by atoms with E-state index in [9.17, 15) is 65.9 Å². The molecule has 0 aromatic heterocycles. The van der Waals surface area contributed by atoms with Gasteiger partial charge >= 0.3 is 24.5 Å². The fourth-order valence-electron chi connectivity index (χ4n) is 2.66. The van der Waals surface area contributed by atoms with Crippen molar-refractivity contribution >= 4 is 6.71 Å². The zero-order valence-corrected chi connectivity index (χ0v) is 16.1. The van der Waals surface area contributed by atoms with Crippen LogP contribution in [0.25, 0.3) is 0 Å². The third-order valence-corrected chi connectivity index (χ3v) is 4.68. The minimum Gasteiger partial charge on any atom is -0.241 e. The van der Waals surface area contributed by atoms with Crippen molar-refractivity contribution in [3.05, 3.63) is 0 Å². The van der Waals surface area contributed by atoms with Crippen molar-refractivity contribution in [2.24, 2.45) is 0 Å². The van der Waals surface area contributed by atoms with Crippen LogP contribution in [0.3, 0.4) is 0 Å². The lowest BCUT2D eigenvalue weighted by Gasteiger charge is -2.44. The molecule has 0 saturated carbocycles. The maximum absolute atomic E-state index is 14.2. The largest absolute Gasteiger partial charge is 0.420 e. The summed E-state index contributed by atoms with van der Waals surface area (Å²) in [5.41, 5.74) is 0. The molecule has 0 aromatic carbocycles. The second-order valence-electron chi connectivity index (χ2n) is 6.80. The first-order valence-corrected chi connectivity index (χ1v) is 8.75. The first-order chi connectivity index (χ1) is 13.6. The molecule has 0 aromatic rings. The van der Waals surface area contributed by atoms with Gasteiger partial charge in [-0.15, -0.1) is 0 Å². The minimum atomic E-state index is -7.32. The molecular weight excluding hydrogens is 476 g/mol. The van der Waals surface area contributed by atoms with Crippen LogP contribution in [0.2, 0.25) is 0 Å². The SMILES string of the molecule is CCC(F)C(F)(F)C(F)(F)B(C(F)(F)C(F)(F)C(F)CC)C(F)(F)C(F)(F)C(F)CC. The van der Waals surface area contributed by atoms with E-state index < -0.39 is 79.7 Å². The lowest BCUT2D eigenvalue weighted by atomic mass is 9.31. The fourth-order valence-corrected chi connectivity index (χ4v) is 2.66. The van der Waals surface area contributed by atoms with Crippen molar-refractivity contribution in [3.63, 3.8) is 0 Å². The van der Waals surface area contributed by atoms with Gasteiger partial charge in [-0.3, -0.25) is 0 Å². The van der Waals surface area contributed by atoms with E-state index in [0.717, 1.165) is 0 Å². The molecule has 0 aliphatic rings. The molecule has 0 saturated heterocycles. The Kier molecular flexibility index (Phi) is 8.81. The Bertz CT molecular complexity index is 510. The summed E-state index contributed by atoms with van der Waals surface area (Å²) < 4.78 is 208. The molecular formula is C15H18BF15. The van der Waals surface area contributed by atoms with Gasteiger partial charge in [-0.1, -0.05) is 20.8 Å². The number of alkyl halides is 15. The Labute approximate surface area is 167 Å². The summed E-state index contributed by atoms with van der Waals surface area (Å²) in [5.74, 6) is -41.8. The highest BCUT2D eigenvalue weighted by Gasteiger charge is 2.89. The predicted molar refractivity (Wildman–Crippen MR) is 81.0 cm³/mol. The number of rotatable bonds is 12. The van der Waals surface area contributed by atoms with Gasteiger partial charge in [-0.25, -0.2) is 39.5 Å². The van der Waals surface area contributed by atoms with Gasteiger partial charge in [-0.05, 0) is 19.3 Å². The van der Waals surface area contributed by atoms with Crippen molar-refractivity contribution < 1.29 is 65.9 Å². The molecule has 0 amide bonds. The predicted octanol–water partition coefficient (Wildman–Crippen LogP) is 7.15. The maximum Gasteiger partial charge on any atom is 0.420 e. The molecule has 0 nitrogen and oxygen atoms in total. The second kappa shape index (κ2) is 9.10. The molecule has 0 N–H and O–H groups in total. The van der Waals surface area contributed by atoms with E-state index in [1.807, 2.05) is 0 Å². The summed E-state index contributed by atoms with van der Waals surface area (Å²) >= 11 is 0. The smallest absolute Gasteiger partial charge is 0.241 e. The van der Waals surface area contributed by atoms with E-state index in [4.69, 9.17) is 0 Å². The van der Waals surface area contributed by atoms with Crippen LogP contribution in [0.4, 0.5) is 65.9 Å². The highest BCUT2D eigenvalue weighted by atomic mass is 19.3. The van der Waals surface area contributed by atoms with Crippen LogP contribution in [-0.2, 0) is 0 Å². The van der Waals surface area contributed by atoms with Crippen LogP contribution < -0.4 is 0 Å². The quantitative estimate of drug-likeness (QED) is 0.200. The molecule has 0 spiro atoms. The second-order valence-corrected chi connectivity index (χ2v) is 6.80. The van der Waals surface area contributed by atoms with Crippen LogP contribution in [0, 0.1) is 0 Å². The summed E-state index contributed by atoms with van der Waals surface area (Å²) in [6, 6.07) is 0. The summed E-state index contributed by atoms with van der Waals surface area (Å²) in [7, 11) is 0. The summed E-state index contributed by atoms with van der Waals surface area (Å²) in [5, 5.41) is 0. The van der Waals surface area contributed by atoms with Crippen molar-refractivity contribution in [3.8, 4) is 0 Å². The third kappa shape index (κ3) is 4.58. The highest BCUT2D eigenvalue weighted by Crippen LogP contribution is 2.57. The summed E-state index contributed by atoms with van der Waals surface area (Å²) in [6.45, 7) is -5.21. The molecule has 0 aliphatic carbocycles. The van der Waals surface area contributed by atoms with Crippen molar-refractivity contribution in [2.75, 3.05) is 0 Å². The van der Waals surface area contributed by atoms with Gasteiger partial charge in [0.25, 0.3) is 17.5 Å². The summed E-state index contributed by atoms with van der Waals surface area (Å²) in [6.07, 6.45) is -17.7. The topological polar surface area (TPSA) is 0 Å². The van der Waals surface area contributed by atoms with Gasteiger partial charge in [-0.2, -0.15) is 26.3 Å². The molecule has 16 heteroatoms. The minimum absolute atomic E-state index is 0.395. The Hall–Kier alpha value is -0.985. The van der Waals surface area contributed by atoms with E-state index in [-0.39, 0.29) is 0 Å². The van der Waals surface area contributed by atoms with Gasteiger partial charge in [0.2, 0.25) is 0 Å². The number of hydrogen-bond donors (Lipinski definition) is 0. The third-order valence-electron chi connectivity index (χ3n) is 4.68. The Morgan fingerprint density at radius 1 is 0.452 bits per heavy atom. The van der Waals surface area contributed by atoms with E-state index in [1.54, 1.807) is 0 Å². The van der Waals surface area contributed by atoms with Crippen LogP contribution in [0.1, 0.15) is 40.0 Å². The normalized spacial score (nSPS) is 18.0. The van der Waals surface area contributed by atoms with Crippen molar-refractivity contribution in [2.45, 2.75) is 93.8 Å². The monoisotopic (exact) mass is 494 g/mol. The molecule has 3 atom stereocenters. The zero-order valence-electron chi connectivity index (χ0n) is 16.1. The van der Waals surface area contributed by atoms with Gasteiger partial charge in [0, 0.05) is 0 Å². The van der Waals surface area contributed by atoms with Gasteiger partial charge in [0.05, 0.1) is 0 Å². The molecule has 186 valence electrons. The summed E-state index contributed by atoms with van der Waals surface area (Å²) in [4.78, 5) is 0. The highest BCUT2D eigenvalue weighted by molar-refractivity contribution is 6.67. The molecule has 0 radical (unpaired) electrons. The standard InChI is InChI=1S/C15H18BF15/c1-4-7(17)10(20,21)13(26,27)16(14(28,29)11(22,23)8(18)5-2)15(30,31)12(24,25)9(19)6-3/h7-9H,4-6H2,1-3H3. The molecule has 3 unspecified atom stereocenters. The molecule has 31 heavy (non-hydrogen) atoms. The number of hydrogen-bond acceptors (Lipinski definition) is 0. The molecule has 0 aliphatic heterocycles. The number of halogens is 15. The Balaban J connectivity index is 7.24.